The van der Waals surface area contributed by atoms with E-state index in [9.17, 15) is 4.79 Å². The summed E-state index contributed by atoms with van der Waals surface area (Å²) in [6.07, 6.45) is 0. The van der Waals surface area contributed by atoms with Crippen LogP contribution in [0.3, 0.4) is 0 Å². The molecule has 1 aromatic carbocycles. The van der Waals surface area contributed by atoms with Crippen molar-refractivity contribution in [3.63, 3.8) is 0 Å². The maximum Gasteiger partial charge on any atom is 0.260 e. The molecular formula is C21H28N4O2. The van der Waals surface area contributed by atoms with Gasteiger partial charge in [-0.1, -0.05) is 32.0 Å². The molecule has 27 heavy (non-hydrogen) atoms. The van der Waals surface area contributed by atoms with E-state index in [0.717, 1.165) is 36.2 Å². The van der Waals surface area contributed by atoms with Crippen molar-refractivity contribution in [1.29, 1.82) is 0 Å². The van der Waals surface area contributed by atoms with Crippen LogP contribution in [0.1, 0.15) is 36.8 Å². The van der Waals surface area contributed by atoms with Crippen molar-refractivity contribution in [2.75, 3.05) is 37.7 Å². The molecule has 1 aliphatic heterocycles. The summed E-state index contributed by atoms with van der Waals surface area (Å²) in [5.41, 5.74) is 2.25. The number of amides is 1. The number of aromatic nitrogens is 2. The molecule has 144 valence electrons. The van der Waals surface area contributed by atoms with Gasteiger partial charge in [-0.2, -0.15) is 0 Å². The minimum atomic E-state index is 0.0256. The third-order valence-corrected chi connectivity index (χ3v) is 4.84. The summed E-state index contributed by atoms with van der Waals surface area (Å²) in [6.45, 7) is 11.3. The van der Waals surface area contributed by atoms with Crippen molar-refractivity contribution in [3.05, 3.63) is 47.4 Å². The first-order valence-electron chi connectivity index (χ1n) is 9.51. The number of ether oxygens (including phenoxy) is 1. The van der Waals surface area contributed by atoms with E-state index in [1.54, 1.807) is 0 Å². The third kappa shape index (κ3) is 4.56. The van der Waals surface area contributed by atoms with Crippen LogP contribution in [0, 0.1) is 13.8 Å². The lowest BCUT2D eigenvalue weighted by atomic mass is 10.0. The maximum absolute atomic E-state index is 12.5. The Bertz CT molecular complexity index is 784. The standard InChI is InChI=1S/C21H28N4O2/c1-15(2)20-16(3)22-17(4)23-21(20)25-12-10-24(11-13-25)19(26)14-27-18-8-6-5-7-9-18/h5-9,15H,10-14H2,1-4H3. The molecule has 1 aliphatic rings. The molecule has 0 radical (unpaired) electrons. The molecular weight excluding hydrogens is 340 g/mol. The number of para-hydroxylation sites is 1. The second-order valence-electron chi connectivity index (χ2n) is 7.22. The van der Waals surface area contributed by atoms with Gasteiger partial charge in [0.05, 0.1) is 0 Å². The fraction of sp³-hybridized carbons (Fsp3) is 0.476. The Balaban J connectivity index is 1.61. The normalized spacial score (nSPS) is 14.6. The maximum atomic E-state index is 12.5. The Morgan fingerprint density at radius 1 is 1.07 bits per heavy atom. The first-order chi connectivity index (χ1) is 13.0. The number of aryl methyl sites for hydroxylation is 2. The molecule has 0 saturated carbocycles. The van der Waals surface area contributed by atoms with Crippen molar-refractivity contribution in [3.8, 4) is 5.75 Å². The van der Waals surface area contributed by atoms with Gasteiger partial charge in [-0.25, -0.2) is 9.97 Å². The van der Waals surface area contributed by atoms with E-state index in [1.165, 1.54) is 5.56 Å². The number of benzene rings is 1. The largest absolute Gasteiger partial charge is 0.484 e. The van der Waals surface area contributed by atoms with Gasteiger partial charge >= 0.3 is 0 Å². The van der Waals surface area contributed by atoms with Crippen molar-refractivity contribution in [2.45, 2.75) is 33.6 Å². The van der Waals surface area contributed by atoms with Crippen LogP contribution in [0.25, 0.3) is 0 Å². The molecule has 2 heterocycles. The number of anilines is 1. The van der Waals surface area contributed by atoms with E-state index < -0.39 is 0 Å². The zero-order valence-corrected chi connectivity index (χ0v) is 16.6. The van der Waals surface area contributed by atoms with Gasteiger partial charge in [0.25, 0.3) is 5.91 Å². The average molecular weight is 368 g/mol. The van der Waals surface area contributed by atoms with Gasteiger partial charge in [0.1, 0.15) is 17.4 Å². The van der Waals surface area contributed by atoms with Crippen LogP contribution in [-0.2, 0) is 4.79 Å². The van der Waals surface area contributed by atoms with Gasteiger partial charge in [-0.15, -0.1) is 0 Å². The smallest absolute Gasteiger partial charge is 0.260 e. The monoisotopic (exact) mass is 368 g/mol. The third-order valence-electron chi connectivity index (χ3n) is 4.84. The Morgan fingerprint density at radius 3 is 2.37 bits per heavy atom. The van der Waals surface area contributed by atoms with E-state index in [1.807, 2.05) is 49.1 Å². The topological polar surface area (TPSA) is 58.6 Å². The van der Waals surface area contributed by atoms with Crippen LogP contribution in [-0.4, -0.2) is 53.6 Å². The van der Waals surface area contributed by atoms with E-state index in [2.05, 4.69) is 23.7 Å². The summed E-state index contributed by atoms with van der Waals surface area (Å²) in [6, 6.07) is 9.44. The summed E-state index contributed by atoms with van der Waals surface area (Å²) in [7, 11) is 0. The fourth-order valence-corrected chi connectivity index (χ4v) is 3.54. The molecule has 3 rings (SSSR count). The van der Waals surface area contributed by atoms with Crippen LogP contribution in [0.15, 0.2) is 30.3 Å². The second-order valence-corrected chi connectivity index (χ2v) is 7.22. The molecule has 0 N–H and O–H groups in total. The van der Waals surface area contributed by atoms with Gasteiger partial charge < -0.3 is 14.5 Å². The van der Waals surface area contributed by atoms with Crippen molar-refractivity contribution < 1.29 is 9.53 Å². The number of piperazine rings is 1. The summed E-state index contributed by atoms with van der Waals surface area (Å²) >= 11 is 0. The lowest BCUT2D eigenvalue weighted by Gasteiger charge is -2.36. The summed E-state index contributed by atoms with van der Waals surface area (Å²) in [5.74, 6) is 2.92. The summed E-state index contributed by atoms with van der Waals surface area (Å²) in [4.78, 5) is 25.8. The molecule has 6 heteroatoms. The predicted octanol–water partition coefficient (Wildman–Crippen LogP) is 2.94. The minimum Gasteiger partial charge on any atom is -0.484 e. The molecule has 1 amide bonds. The van der Waals surface area contributed by atoms with Gasteiger partial charge in [0.15, 0.2) is 6.61 Å². The molecule has 0 bridgehead atoms. The highest BCUT2D eigenvalue weighted by Crippen LogP contribution is 2.28. The molecule has 0 spiro atoms. The molecule has 0 atom stereocenters. The molecule has 2 aromatic rings. The lowest BCUT2D eigenvalue weighted by molar-refractivity contribution is -0.133. The SMILES string of the molecule is Cc1nc(C)c(C(C)C)c(N2CCN(C(=O)COc3ccccc3)CC2)n1. The first kappa shape index (κ1) is 19.1. The van der Waals surface area contributed by atoms with Gasteiger partial charge in [-0.05, 0) is 31.9 Å². The van der Waals surface area contributed by atoms with Crippen LogP contribution in [0.5, 0.6) is 5.75 Å². The first-order valence-corrected chi connectivity index (χ1v) is 9.51. The van der Waals surface area contributed by atoms with E-state index >= 15 is 0 Å². The van der Waals surface area contributed by atoms with Crippen LogP contribution >= 0.6 is 0 Å². The van der Waals surface area contributed by atoms with Crippen LogP contribution in [0.2, 0.25) is 0 Å². The Hall–Kier alpha value is -2.63. The van der Waals surface area contributed by atoms with Crippen molar-refractivity contribution in [1.82, 2.24) is 14.9 Å². The number of carbonyl (C=O) groups excluding carboxylic acids is 1. The number of hydrogen-bond acceptors (Lipinski definition) is 5. The number of hydrogen-bond donors (Lipinski definition) is 0. The zero-order chi connectivity index (χ0) is 19.4. The highest BCUT2D eigenvalue weighted by atomic mass is 16.5. The quantitative estimate of drug-likeness (QED) is 0.812. The molecule has 1 aromatic heterocycles. The number of nitrogens with zero attached hydrogens (tertiary/aromatic N) is 4. The molecule has 6 nitrogen and oxygen atoms in total. The summed E-state index contributed by atoms with van der Waals surface area (Å²) < 4.78 is 5.59. The molecule has 0 aliphatic carbocycles. The van der Waals surface area contributed by atoms with E-state index in [0.29, 0.717) is 19.0 Å². The number of carbonyl (C=O) groups is 1. The average Bonchev–Trinajstić information content (AvgIpc) is 2.66. The van der Waals surface area contributed by atoms with E-state index in [4.69, 9.17) is 9.72 Å². The van der Waals surface area contributed by atoms with Gasteiger partial charge in [-0.3, -0.25) is 4.79 Å². The predicted molar refractivity (Wildman–Crippen MR) is 106 cm³/mol. The lowest BCUT2D eigenvalue weighted by Crippen LogP contribution is -2.50. The van der Waals surface area contributed by atoms with Gasteiger partial charge in [0.2, 0.25) is 0 Å². The second kappa shape index (κ2) is 8.37. The number of rotatable bonds is 5. The van der Waals surface area contributed by atoms with Crippen molar-refractivity contribution >= 4 is 11.7 Å². The Labute approximate surface area is 161 Å². The van der Waals surface area contributed by atoms with Crippen LogP contribution in [0.4, 0.5) is 5.82 Å². The summed E-state index contributed by atoms with van der Waals surface area (Å²) in [5, 5.41) is 0. The van der Waals surface area contributed by atoms with Crippen molar-refractivity contribution in [2.24, 2.45) is 0 Å². The zero-order valence-electron chi connectivity index (χ0n) is 16.6. The molecule has 1 fully saturated rings. The van der Waals surface area contributed by atoms with Gasteiger partial charge in [0, 0.05) is 37.4 Å². The van der Waals surface area contributed by atoms with Crippen LogP contribution < -0.4 is 9.64 Å². The fourth-order valence-electron chi connectivity index (χ4n) is 3.54. The minimum absolute atomic E-state index is 0.0256. The van der Waals surface area contributed by atoms with E-state index in [-0.39, 0.29) is 12.5 Å². The molecule has 1 saturated heterocycles. The Morgan fingerprint density at radius 2 is 1.74 bits per heavy atom. The Kier molecular flexibility index (Phi) is 5.94. The molecule has 0 unspecified atom stereocenters. The highest BCUT2D eigenvalue weighted by molar-refractivity contribution is 5.78. The highest BCUT2D eigenvalue weighted by Gasteiger charge is 2.25.